The summed E-state index contributed by atoms with van der Waals surface area (Å²) < 4.78 is 9.81. The van der Waals surface area contributed by atoms with Gasteiger partial charge in [0.15, 0.2) is 0 Å². The van der Waals surface area contributed by atoms with Crippen LogP contribution in [0.4, 0.5) is 5.69 Å². The van der Waals surface area contributed by atoms with Gasteiger partial charge in [0.25, 0.3) is 0 Å². The van der Waals surface area contributed by atoms with Crippen molar-refractivity contribution < 1.29 is 14.3 Å². The number of allylic oxidation sites excluding steroid dienone is 1. The number of methoxy groups -OCH3 is 2. The summed E-state index contributed by atoms with van der Waals surface area (Å²) in [4.78, 5) is 11.4. The lowest BCUT2D eigenvalue weighted by Gasteiger charge is -2.10. The number of rotatable bonds is 3. The molecule has 2 N–H and O–H groups in total. The maximum absolute atomic E-state index is 11.4. The second-order valence-corrected chi connectivity index (χ2v) is 3.18. The predicted octanol–water partition coefficient (Wildman–Crippen LogP) is 2.10. The van der Waals surface area contributed by atoms with E-state index in [0.717, 1.165) is 5.56 Å². The number of ether oxygens (including phenoxy) is 2. The quantitative estimate of drug-likeness (QED) is 0.627. The van der Waals surface area contributed by atoms with Crippen molar-refractivity contribution in [3.8, 4) is 5.75 Å². The van der Waals surface area contributed by atoms with Crippen LogP contribution in [0.3, 0.4) is 0 Å². The molecule has 1 aromatic carbocycles. The van der Waals surface area contributed by atoms with Crippen molar-refractivity contribution in [2.24, 2.45) is 0 Å². The van der Waals surface area contributed by atoms with E-state index in [1.807, 2.05) is 19.1 Å². The molecule has 0 spiro atoms. The SMILES string of the molecule is C/C=C/c1cc(C(=O)OC)cc(N)c1OC. The minimum absolute atomic E-state index is 0.411. The third kappa shape index (κ3) is 2.34. The van der Waals surface area contributed by atoms with Crippen LogP contribution >= 0.6 is 0 Å². The highest BCUT2D eigenvalue weighted by Gasteiger charge is 2.12. The number of hydrogen-bond acceptors (Lipinski definition) is 4. The Kier molecular flexibility index (Phi) is 3.94. The van der Waals surface area contributed by atoms with Crippen molar-refractivity contribution >= 4 is 17.7 Å². The fourth-order valence-corrected chi connectivity index (χ4v) is 1.45. The number of esters is 1. The van der Waals surface area contributed by atoms with Gasteiger partial charge in [0.05, 0.1) is 25.5 Å². The zero-order valence-electron chi connectivity index (χ0n) is 9.61. The van der Waals surface area contributed by atoms with E-state index in [1.165, 1.54) is 20.3 Å². The van der Waals surface area contributed by atoms with Crippen LogP contribution in [-0.2, 0) is 4.74 Å². The van der Waals surface area contributed by atoms with E-state index in [-0.39, 0.29) is 0 Å². The number of carbonyl (C=O) groups excluding carboxylic acids is 1. The normalized spacial score (nSPS) is 10.4. The number of hydrogen-bond donors (Lipinski definition) is 1. The Labute approximate surface area is 94.7 Å². The molecule has 0 amide bonds. The van der Waals surface area contributed by atoms with Gasteiger partial charge in [0.1, 0.15) is 5.75 Å². The second kappa shape index (κ2) is 5.21. The van der Waals surface area contributed by atoms with Gasteiger partial charge < -0.3 is 15.2 Å². The van der Waals surface area contributed by atoms with Crippen LogP contribution in [0.15, 0.2) is 18.2 Å². The molecule has 0 aliphatic carbocycles. The lowest BCUT2D eigenvalue weighted by molar-refractivity contribution is 0.0600. The molecule has 1 aromatic rings. The molecule has 0 unspecified atom stereocenters. The summed E-state index contributed by atoms with van der Waals surface area (Å²) in [6.45, 7) is 1.88. The van der Waals surface area contributed by atoms with Crippen LogP contribution in [0, 0.1) is 0 Å². The summed E-state index contributed by atoms with van der Waals surface area (Å²) in [5.74, 6) is 0.144. The number of anilines is 1. The molecule has 4 nitrogen and oxygen atoms in total. The summed E-state index contributed by atoms with van der Waals surface area (Å²) in [7, 11) is 2.87. The molecule has 16 heavy (non-hydrogen) atoms. The maximum Gasteiger partial charge on any atom is 0.337 e. The van der Waals surface area contributed by atoms with Crippen molar-refractivity contribution in [1.82, 2.24) is 0 Å². The summed E-state index contributed by atoms with van der Waals surface area (Å²) in [6, 6.07) is 3.22. The van der Waals surface area contributed by atoms with E-state index >= 15 is 0 Å². The third-order valence-corrected chi connectivity index (χ3v) is 2.12. The smallest absolute Gasteiger partial charge is 0.337 e. The average molecular weight is 221 g/mol. The van der Waals surface area contributed by atoms with Gasteiger partial charge in [-0.2, -0.15) is 0 Å². The van der Waals surface area contributed by atoms with Crippen LogP contribution in [0.1, 0.15) is 22.8 Å². The van der Waals surface area contributed by atoms with E-state index in [2.05, 4.69) is 4.74 Å². The Morgan fingerprint density at radius 2 is 2.06 bits per heavy atom. The first kappa shape index (κ1) is 12.1. The van der Waals surface area contributed by atoms with Gasteiger partial charge in [-0.3, -0.25) is 0 Å². The Bertz CT molecular complexity index is 425. The number of nitrogen functional groups attached to an aromatic ring is 1. The first-order valence-electron chi connectivity index (χ1n) is 4.82. The third-order valence-electron chi connectivity index (χ3n) is 2.12. The monoisotopic (exact) mass is 221 g/mol. The molecule has 0 bridgehead atoms. The molecule has 1 rings (SSSR count). The molecule has 0 aliphatic rings. The molecular weight excluding hydrogens is 206 g/mol. The summed E-state index contributed by atoms with van der Waals surface area (Å²) in [5.41, 5.74) is 7.37. The lowest BCUT2D eigenvalue weighted by Crippen LogP contribution is -2.04. The molecule has 0 fully saturated rings. The molecule has 0 saturated carbocycles. The number of nitrogens with two attached hydrogens (primary N) is 1. The lowest BCUT2D eigenvalue weighted by atomic mass is 10.1. The minimum Gasteiger partial charge on any atom is -0.494 e. The Hall–Kier alpha value is -1.97. The van der Waals surface area contributed by atoms with E-state index in [1.54, 1.807) is 6.07 Å². The molecule has 0 aromatic heterocycles. The van der Waals surface area contributed by atoms with Crippen molar-refractivity contribution in [1.29, 1.82) is 0 Å². The first-order valence-corrected chi connectivity index (χ1v) is 4.82. The van der Waals surface area contributed by atoms with Gasteiger partial charge in [-0.15, -0.1) is 0 Å². The van der Waals surface area contributed by atoms with Gasteiger partial charge in [-0.1, -0.05) is 12.2 Å². The fraction of sp³-hybridized carbons (Fsp3) is 0.250. The zero-order valence-corrected chi connectivity index (χ0v) is 9.61. The van der Waals surface area contributed by atoms with Crippen LogP contribution in [0.5, 0.6) is 5.75 Å². The Balaban J connectivity index is 3.33. The molecule has 0 aliphatic heterocycles. The first-order chi connectivity index (χ1) is 7.63. The zero-order chi connectivity index (χ0) is 12.1. The summed E-state index contributed by atoms with van der Waals surface area (Å²) >= 11 is 0. The standard InChI is InChI=1S/C12H15NO3/c1-4-5-8-6-9(12(14)16-3)7-10(13)11(8)15-2/h4-7H,13H2,1-3H3/b5-4+. The number of carbonyl (C=O) groups is 1. The highest BCUT2D eigenvalue weighted by atomic mass is 16.5. The second-order valence-electron chi connectivity index (χ2n) is 3.18. The topological polar surface area (TPSA) is 61.5 Å². The molecular formula is C12H15NO3. The predicted molar refractivity (Wildman–Crippen MR) is 63.5 cm³/mol. The highest BCUT2D eigenvalue weighted by molar-refractivity contribution is 5.92. The van der Waals surface area contributed by atoms with E-state index < -0.39 is 5.97 Å². The van der Waals surface area contributed by atoms with Gasteiger partial charge in [0, 0.05) is 5.56 Å². The average Bonchev–Trinajstić information content (AvgIpc) is 2.28. The van der Waals surface area contributed by atoms with Crippen LogP contribution in [0.25, 0.3) is 6.08 Å². The van der Waals surface area contributed by atoms with Crippen molar-refractivity contribution in [2.75, 3.05) is 20.0 Å². The Morgan fingerprint density at radius 3 is 2.56 bits per heavy atom. The van der Waals surface area contributed by atoms with Crippen LogP contribution < -0.4 is 10.5 Å². The molecule has 4 heteroatoms. The molecule has 0 saturated heterocycles. The van der Waals surface area contributed by atoms with Gasteiger partial charge >= 0.3 is 5.97 Å². The van der Waals surface area contributed by atoms with Gasteiger partial charge in [-0.25, -0.2) is 4.79 Å². The molecule has 86 valence electrons. The van der Waals surface area contributed by atoms with Crippen molar-refractivity contribution in [2.45, 2.75) is 6.92 Å². The summed E-state index contributed by atoms with van der Waals surface area (Å²) in [5, 5.41) is 0. The van der Waals surface area contributed by atoms with E-state index in [4.69, 9.17) is 10.5 Å². The van der Waals surface area contributed by atoms with E-state index in [9.17, 15) is 4.79 Å². The Morgan fingerprint density at radius 1 is 1.38 bits per heavy atom. The molecule has 0 heterocycles. The maximum atomic E-state index is 11.4. The fourth-order valence-electron chi connectivity index (χ4n) is 1.45. The van der Waals surface area contributed by atoms with Crippen molar-refractivity contribution in [3.63, 3.8) is 0 Å². The minimum atomic E-state index is -0.417. The van der Waals surface area contributed by atoms with Gasteiger partial charge in [0.2, 0.25) is 0 Å². The summed E-state index contributed by atoms with van der Waals surface area (Å²) in [6.07, 6.45) is 3.67. The van der Waals surface area contributed by atoms with Crippen molar-refractivity contribution in [3.05, 3.63) is 29.3 Å². The highest BCUT2D eigenvalue weighted by Crippen LogP contribution is 2.29. The van der Waals surface area contributed by atoms with E-state index in [0.29, 0.717) is 17.0 Å². The molecule has 0 atom stereocenters. The van der Waals surface area contributed by atoms with Crippen LogP contribution in [-0.4, -0.2) is 20.2 Å². The number of benzene rings is 1. The van der Waals surface area contributed by atoms with Crippen LogP contribution in [0.2, 0.25) is 0 Å². The molecule has 0 radical (unpaired) electrons. The largest absolute Gasteiger partial charge is 0.494 e. The van der Waals surface area contributed by atoms with Gasteiger partial charge in [-0.05, 0) is 19.1 Å².